The Morgan fingerprint density at radius 2 is 2.00 bits per heavy atom. The van der Waals surface area contributed by atoms with E-state index < -0.39 is 17.4 Å². The second kappa shape index (κ2) is 3.83. The van der Waals surface area contributed by atoms with Gasteiger partial charge in [0.15, 0.2) is 17.4 Å². The standard InChI is InChI=1S/C8H6BrF2NO/c9-3-6(13)4-1-2-5(12)8(11)7(4)10/h1-2H,3,12H2. The van der Waals surface area contributed by atoms with Crippen LogP contribution < -0.4 is 5.73 Å². The molecule has 0 saturated heterocycles. The largest absolute Gasteiger partial charge is 0.396 e. The van der Waals surface area contributed by atoms with Gasteiger partial charge in [-0.15, -0.1) is 0 Å². The van der Waals surface area contributed by atoms with Crippen molar-refractivity contribution in [3.8, 4) is 0 Å². The molecule has 0 unspecified atom stereocenters. The van der Waals surface area contributed by atoms with Crippen molar-refractivity contribution in [2.75, 3.05) is 11.1 Å². The molecule has 2 N–H and O–H groups in total. The lowest BCUT2D eigenvalue weighted by Crippen LogP contribution is -2.06. The molecule has 5 heteroatoms. The summed E-state index contributed by atoms with van der Waals surface area (Å²) in [5.41, 5.74) is 4.50. The second-order valence-corrected chi connectivity index (χ2v) is 2.95. The molecule has 0 radical (unpaired) electrons. The highest BCUT2D eigenvalue weighted by molar-refractivity contribution is 9.09. The zero-order chi connectivity index (χ0) is 10.0. The maximum Gasteiger partial charge on any atom is 0.182 e. The van der Waals surface area contributed by atoms with Crippen molar-refractivity contribution >= 4 is 27.4 Å². The van der Waals surface area contributed by atoms with Crippen LogP contribution in [0.4, 0.5) is 14.5 Å². The van der Waals surface area contributed by atoms with Crippen LogP contribution >= 0.6 is 15.9 Å². The van der Waals surface area contributed by atoms with E-state index >= 15 is 0 Å². The Morgan fingerprint density at radius 1 is 1.38 bits per heavy atom. The van der Waals surface area contributed by atoms with Gasteiger partial charge >= 0.3 is 0 Å². The number of alkyl halides is 1. The molecule has 70 valence electrons. The molecule has 0 aromatic heterocycles. The summed E-state index contributed by atoms with van der Waals surface area (Å²) in [7, 11) is 0. The predicted molar refractivity (Wildman–Crippen MR) is 48.9 cm³/mol. The highest BCUT2D eigenvalue weighted by Crippen LogP contribution is 2.18. The van der Waals surface area contributed by atoms with E-state index in [1.165, 1.54) is 0 Å². The number of Topliss-reactive ketones (excluding diaryl/α,β-unsaturated/α-hetero) is 1. The molecule has 13 heavy (non-hydrogen) atoms. The van der Waals surface area contributed by atoms with Crippen LogP contribution in [0.3, 0.4) is 0 Å². The first-order valence-corrected chi connectivity index (χ1v) is 4.52. The Kier molecular flexibility index (Phi) is 2.98. The van der Waals surface area contributed by atoms with Crippen molar-refractivity contribution in [3.63, 3.8) is 0 Å². The molecule has 1 aromatic carbocycles. The number of hydrogen-bond donors (Lipinski definition) is 1. The van der Waals surface area contributed by atoms with Gasteiger partial charge in [0, 0.05) is 0 Å². The summed E-state index contributed by atoms with van der Waals surface area (Å²) in [4.78, 5) is 11.0. The third-order valence-electron chi connectivity index (χ3n) is 1.53. The summed E-state index contributed by atoms with van der Waals surface area (Å²) in [5, 5.41) is -0.0483. The predicted octanol–water partition coefficient (Wildman–Crippen LogP) is 2.12. The Balaban J connectivity index is 3.26. The van der Waals surface area contributed by atoms with Crippen LogP contribution in [0.25, 0.3) is 0 Å². The van der Waals surface area contributed by atoms with Crippen molar-refractivity contribution in [3.05, 3.63) is 29.3 Å². The van der Waals surface area contributed by atoms with Crippen LogP contribution in [0.5, 0.6) is 0 Å². The Bertz CT molecular complexity index is 354. The van der Waals surface area contributed by atoms with E-state index in [-0.39, 0.29) is 16.6 Å². The van der Waals surface area contributed by atoms with Gasteiger partial charge in [-0.05, 0) is 12.1 Å². The normalized spacial score (nSPS) is 10.1. The van der Waals surface area contributed by atoms with E-state index in [1.807, 2.05) is 0 Å². The molecule has 0 aliphatic rings. The number of ketones is 1. The third-order valence-corrected chi connectivity index (χ3v) is 2.04. The number of carbonyl (C=O) groups excluding carboxylic acids is 1. The average molecular weight is 250 g/mol. The first-order valence-electron chi connectivity index (χ1n) is 3.40. The minimum Gasteiger partial charge on any atom is -0.396 e. The third kappa shape index (κ3) is 1.85. The number of nitrogens with two attached hydrogens (primary N) is 1. The van der Waals surface area contributed by atoms with Crippen molar-refractivity contribution in [2.45, 2.75) is 0 Å². The Labute approximate surface area is 81.9 Å². The highest BCUT2D eigenvalue weighted by atomic mass is 79.9. The lowest BCUT2D eigenvalue weighted by molar-refractivity contribution is 0.101. The molecule has 0 heterocycles. The number of anilines is 1. The van der Waals surface area contributed by atoms with Crippen LogP contribution in [-0.4, -0.2) is 11.1 Å². The van der Waals surface area contributed by atoms with E-state index in [9.17, 15) is 13.6 Å². The molecular weight excluding hydrogens is 244 g/mol. The van der Waals surface area contributed by atoms with E-state index in [4.69, 9.17) is 5.73 Å². The Morgan fingerprint density at radius 3 is 2.54 bits per heavy atom. The van der Waals surface area contributed by atoms with Gasteiger partial charge in [0.05, 0.1) is 16.6 Å². The SMILES string of the molecule is Nc1ccc(C(=O)CBr)c(F)c1F. The fraction of sp³-hybridized carbons (Fsp3) is 0.125. The second-order valence-electron chi connectivity index (χ2n) is 2.39. The summed E-state index contributed by atoms with van der Waals surface area (Å²) in [6, 6.07) is 2.33. The Hall–Kier alpha value is -0.970. The van der Waals surface area contributed by atoms with Gasteiger partial charge in [0.2, 0.25) is 0 Å². The van der Waals surface area contributed by atoms with Crippen LogP contribution in [0, 0.1) is 11.6 Å². The zero-order valence-corrected chi connectivity index (χ0v) is 8.07. The minimum atomic E-state index is -1.19. The van der Waals surface area contributed by atoms with Crippen LogP contribution in [0.1, 0.15) is 10.4 Å². The van der Waals surface area contributed by atoms with Gasteiger partial charge in [-0.3, -0.25) is 4.79 Å². The molecule has 1 rings (SSSR count). The maximum absolute atomic E-state index is 13.0. The zero-order valence-electron chi connectivity index (χ0n) is 6.48. The summed E-state index contributed by atoms with van der Waals surface area (Å²) < 4.78 is 25.8. The van der Waals surface area contributed by atoms with E-state index in [0.717, 1.165) is 12.1 Å². The van der Waals surface area contributed by atoms with E-state index in [0.29, 0.717) is 0 Å². The smallest absolute Gasteiger partial charge is 0.182 e. The number of benzene rings is 1. The molecule has 0 aliphatic carbocycles. The molecule has 0 bridgehead atoms. The average Bonchev–Trinajstić information content (AvgIpc) is 2.13. The first kappa shape index (κ1) is 10.1. The summed E-state index contributed by atoms with van der Waals surface area (Å²) in [6.07, 6.45) is 0. The molecule has 2 nitrogen and oxygen atoms in total. The van der Waals surface area contributed by atoms with Gasteiger partial charge in [0.25, 0.3) is 0 Å². The van der Waals surface area contributed by atoms with Gasteiger partial charge < -0.3 is 5.73 Å². The monoisotopic (exact) mass is 249 g/mol. The van der Waals surface area contributed by atoms with Crippen molar-refractivity contribution < 1.29 is 13.6 Å². The van der Waals surface area contributed by atoms with E-state index in [2.05, 4.69) is 15.9 Å². The van der Waals surface area contributed by atoms with Gasteiger partial charge in [-0.25, -0.2) is 8.78 Å². The minimum absolute atomic E-state index is 0.0483. The fourth-order valence-electron chi connectivity index (χ4n) is 0.852. The number of halogens is 3. The lowest BCUT2D eigenvalue weighted by atomic mass is 10.1. The van der Waals surface area contributed by atoms with E-state index in [1.54, 1.807) is 0 Å². The summed E-state index contributed by atoms with van der Waals surface area (Å²) >= 11 is 2.86. The molecule has 0 atom stereocenters. The number of nitrogen functional groups attached to an aromatic ring is 1. The highest BCUT2D eigenvalue weighted by Gasteiger charge is 2.16. The fourth-order valence-corrected chi connectivity index (χ4v) is 1.15. The molecule has 0 aliphatic heterocycles. The van der Waals surface area contributed by atoms with Crippen molar-refractivity contribution in [1.82, 2.24) is 0 Å². The number of carbonyl (C=O) groups is 1. The summed E-state index contributed by atoms with van der Waals surface area (Å²) in [6.45, 7) is 0. The van der Waals surface area contributed by atoms with Gasteiger partial charge in [-0.2, -0.15) is 0 Å². The molecule has 0 spiro atoms. The first-order chi connectivity index (χ1) is 6.07. The molecular formula is C8H6BrF2NO. The van der Waals surface area contributed by atoms with Crippen LogP contribution in [0.15, 0.2) is 12.1 Å². The molecule has 0 amide bonds. The summed E-state index contributed by atoms with van der Waals surface area (Å²) in [5.74, 6) is -2.88. The number of rotatable bonds is 2. The number of hydrogen-bond acceptors (Lipinski definition) is 2. The van der Waals surface area contributed by atoms with Gasteiger partial charge in [0.1, 0.15) is 0 Å². The lowest BCUT2D eigenvalue weighted by Gasteiger charge is -2.02. The quantitative estimate of drug-likeness (QED) is 0.496. The molecule has 1 aromatic rings. The van der Waals surface area contributed by atoms with Crippen LogP contribution in [0.2, 0.25) is 0 Å². The molecule has 0 saturated carbocycles. The topological polar surface area (TPSA) is 43.1 Å². The van der Waals surface area contributed by atoms with Crippen LogP contribution in [-0.2, 0) is 0 Å². The van der Waals surface area contributed by atoms with Crippen molar-refractivity contribution in [1.29, 1.82) is 0 Å². The van der Waals surface area contributed by atoms with Crippen molar-refractivity contribution in [2.24, 2.45) is 0 Å². The molecule has 0 fully saturated rings. The maximum atomic E-state index is 13.0. The van der Waals surface area contributed by atoms with Gasteiger partial charge in [-0.1, -0.05) is 15.9 Å².